The molecule has 7 heteroatoms. The highest BCUT2D eigenvalue weighted by Gasteiger charge is 2.15. The van der Waals surface area contributed by atoms with E-state index in [1.807, 2.05) is 40.0 Å². The highest BCUT2D eigenvalue weighted by molar-refractivity contribution is 7.99. The largest absolute Gasteiger partial charge is 0.409 e. The van der Waals surface area contributed by atoms with Crippen LogP contribution in [-0.4, -0.2) is 25.8 Å². The summed E-state index contributed by atoms with van der Waals surface area (Å²) in [6, 6.07) is 3.92. The van der Waals surface area contributed by atoms with Crippen LogP contribution in [0, 0.1) is 20.8 Å². The normalized spacial score (nSPS) is 11.9. The number of nitrogens with zero attached hydrogens (tertiary/aromatic N) is 4. The Hall–Kier alpha value is -2.02. The molecule has 2 rings (SSSR count). The van der Waals surface area contributed by atoms with E-state index in [9.17, 15) is 0 Å². The van der Waals surface area contributed by atoms with E-state index in [1.54, 1.807) is 4.68 Å². The number of pyridine rings is 1. The molecule has 0 spiro atoms. The molecule has 0 bridgehead atoms. The molecule has 0 aliphatic heterocycles. The number of oxime groups is 1. The third kappa shape index (κ3) is 2.77. The molecule has 2 aromatic heterocycles. The van der Waals surface area contributed by atoms with Crippen molar-refractivity contribution in [1.82, 2.24) is 14.8 Å². The van der Waals surface area contributed by atoms with Gasteiger partial charge in [-0.2, -0.15) is 5.10 Å². The van der Waals surface area contributed by atoms with Gasteiger partial charge in [-0.15, -0.1) is 0 Å². The average Bonchev–Trinajstić information content (AvgIpc) is 2.66. The Labute approximate surface area is 121 Å². The molecule has 2 aromatic rings. The molecule has 20 heavy (non-hydrogen) atoms. The lowest BCUT2D eigenvalue weighted by Gasteiger charge is -2.11. The van der Waals surface area contributed by atoms with E-state index < -0.39 is 0 Å². The summed E-state index contributed by atoms with van der Waals surface area (Å²) in [6.45, 7) is 5.71. The van der Waals surface area contributed by atoms with Gasteiger partial charge in [-0.3, -0.25) is 9.67 Å². The van der Waals surface area contributed by atoms with Crippen LogP contribution in [0.5, 0.6) is 0 Å². The molecule has 0 saturated heterocycles. The van der Waals surface area contributed by atoms with Crippen molar-refractivity contribution >= 4 is 17.6 Å². The fraction of sp³-hybridized carbons (Fsp3) is 0.308. The summed E-state index contributed by atoms with van der Waals surface area (Å²) in [7, 11) is 1.89. The summed E-state index contributed by atoms with van der Waals surface area (Å²) in [5.41, 5.74) is 8.99. The second kappa shape index (κ2) is 5.54. The summed E-state index contributed by atoms with van der Waals surface area (Å²) < 4.78 is 1.81. The van der Waals surface area contributed by atoms with Crippen LogP contribution in [0.1, 0.15) is 22.6 Å². The van der Waals surface area contributed by atoms with Crippen LogP contribution in [0.3, 0.4) is 0 Å². The first kappa shape index (κ1) is 14.4. The van der Waals surface area contributed by atoms with Crippen LogP contribution >= 0.6 is 11.8 Å². The van der Waals surface area contributed by atoms with E-state index in [0.717, 1.165) is 27.0 Å². The standard InChI is InChI=1S/C13H17N5OS/c1-7-5-10(12(9(3)15-7)13(14)17-19)20-11-6-8(2)16-18(11)4/h5-6,19H,1-4H3,(H2,14,17). The van der Waals surface area contributed by atoms with E-state index >= 15 is 0 Å². The molecule has 0 radical (unpaired) electrons. The van der Waals surface area contributed by atoms with Gasteiger partial charge in [0.2, 0.25) is 0 Å². The van der Waals surface area contributed by atoms with Gasteiger partial charge in [-0.1, -0.05) is 16.9 Å². The first-order valence-corrected chi connectivity index (χ1v) is 6.88. The third-order valence-corrected chi connectivity index (χ3v) is 3.96. The molecular formula is C13H17N5OS. The first-order chi connectivity index (χ1) is 9.42. The van der Waals surface area contributed by atoms with Gasteiger partial charge in [0.05, 0.1) is 16.3 Å². The van der Waals surface area contributed by atoms with Crippen molar-refractivity contribution in [3.05, 3.63) is 34.8 Å². The van der Waals surface area contributed by atoms with Crippen LogP contribution < -0.4 is 5.73 Å². The van der Waals surface area contributed by atoms with Crippen LogP contribution in [0.4, 0.5) is 0 Å². The number of rotatable bonds is 3. The summed E-state index contributed by atoms with van der Waals surface area (Å²) in [5, 5.41) is 17.3. The van der Waals surface area contributed by atoms with E-state index in [1.165, 1.54) is 11.8 Å². The molecule has 0 aliphatic rings. The summed E-state index contributed by atoms with van der Waals surface area (Å²) in [4.78, 5) is 5.26. The van der Waals surface area contributed by atoms with Crippen molar-refractivity contribution in [1.29, 1.82) is 0 Å². The lowest BCUT2D eigenvalue weighted by atomic mass is 10.1. The molecule has 0 saturated carbocycles. The quantitative estimate of drug-likeness (QED) is 0.391. The summed E-state index contributed by atoms with van der Waals surface area (Å²) in [5.74, 6) is 0.0661. The zero-order chi connectivity index (χ0) is 14.9. The molecule has 0 aromatic carbocycles. The SMILES string of the molecule is Cc1cc(Sc2cc(C)nn2C)c(/C(N)=N/O)c(C)n1. The lowest BCUT2D eigenvalue weighted by molar-refractivity contribution is 0.318. The number of aromatic nitrogens is 3. The van der Waals surface area contributed by atoms with Crippen molar-refractivity contribution < 1.29 is 5.21 Å². The molecule has 0 amide bonds. The summed E-state index contributed by atoms with van der Waals surface area (Å²) in [6.07, 6.45) is 0. The predicted octanol–water partition coefficient (Wildman–Crippen LogP) is 1.99. The molecule has 2 heterocycles. The van der Waals surface area contributed by atoms with E-state index in [4.69, 9.17) is 10.9 Å². The topological polar surface area (TPSA) is 89.3 Å². The minimum Gasteiger partial charge on any atom is -0.409 e. The Balaban J connectivity index is 2.53. The fourth-order valence-corrected chi connectivity index (χ4v) is 3.24. The number of aryl methyl sites for hydroxylation is 4. The van der Waals surface area contributed by atoms with Gasteiger partial charge >= 0.3 is 0 Å². The second-order valence-electron chi connectivity index (χ2n) is 4.56. The van der Waals surface area contributed by atoms with Crippen LogP contribution in [-0.2, 0) is 7.05 Å². The Bertz CT molecular complexity index is 678. The fourth-order valence-electron chi connectivity index (χ4n) is 2.03. The van der Waals surface area contributed by atoms with Crippen molar-refractivity contribution in [3.63, 3.8) is 0 Å². The van der Waals surface area contributed by atoms with Gasteiger partial charge < -0.3 is 10.9 Å². The van der Waals surface area contributed by atoms with Crippen molar-refractivity contribution in [2.24, 2.45) is 17.9 Å². The smallest absolute Gasteiger partial charge is 0.173 e. The molecule has 0 unspecified atom stereocenters. The Morgan fingerprint density at radius 3 is 2.55 bits per heavy atom. The number of nitrogens with two attached hydrogens (primary N) is 1. The number of hydrogen-bond acceptors (Lipinski definition) is 5. The molecule has 0 fully saturated rings. The third-order valence-electron chi connectivity index (χ3n) is 2.83. The molecule has 0 aliphatic carbocycles. The highest BCUT2D eigenvalue weighted by atomic mass is 32.2. The number of hydrogen-bond donors (Lipinski definition) is 2. The van der Waals surface area contributed by atoms with E-state index in [0.29, 0.717) is 5.56 Å². The Morgan fingerprint density at radius 2 is 2.00 bits per heavy atom. The van der Waals surface area contributed by atoms with Gasteiger partial charge in [0.1, 0.15) is 0 Å². The van der Waals surface area contributed by atoms with Crippen molar-refractivity contribution in [2.45, 2.75) is 30.7 Å². The molecule has 3 N–H and O–H groups in total. The average molecular weight is 291 g/mol. The zero-order valence-corrected chi connectivity index (χ0v) is 12.7. The lowest BCUT2D eigenvalue weighted by Crippen LogP contribution is -2.17. The number of amidine groups is 1. The van der Waals surface area contributed by atoms with Gasteiger partial charge in [0, 0.05) is 23.3 Å². The molecular weight excluding hydrogens is 274 g/mol. The molecule has 106 valence electrons. The Morgan fingerprint density at radius 1 is 1.30 bits per heavy atom. The maximum atomic E-state index is 8.94. The van der Waals surface area contributed by atoms with Crippen molar-refractivity contribution in [2.75, 3.05) is 0 Å². The van der Waals surface area contributed by atoms with Crippen LogP contribution in [0.25, 0.3) is 0 Å². The van der Waals surface area contributed by atoms with E-state index in [-0.39, 0.29) is 5.84 Å². The minimum absolute atomic E-state index is 0.0661. The van der Waals surface area contributed by atoms with Gasteiger partial charge in [-0.25, -0.2) is 0 Å². The van der Waals surface area contributed by atoms with Gasteiger partial charge in [-0.05, 0) is 32.9 Å². The zero-order valence-electron chi connectivity index (χ0n) is 11.9. The van der Waals surface area contributed by atoms with Crippen LogP contribution in [0.15, 0.2) is 27.2 Å². The molecule has 0 atom stereocenters. The first-order valence-electron chi connectivity index (χ1n) is 6.07. The van der Waals surface area contributed by atoms with Crippen LogP contribution in [0.2, 0.25) is 0 Å². The second-order valence-corrected chi connectivity index (χ2v) is 5.62. The monoisotopic (exact) mass is 291 g/mol. The van der Waals surface area contributed by atoms with Crippen molar-refractivity contribution in [3.8, 4) is 0 Å². The van der Waals surface area contributed by atoms with Gasteiger partial charge in [0.15, 0.2) is 5.84 Å². The summed E-state index contributed by atoms with van der Waals surface area (Å²) >= 11 is 1.52. The molecule has 6 nitrogen and oxygen atoms in total. The maximum Gasteiger partial charge on any atom is 0.173 e. The Kier molecular flexibility index (Phi) is 3.99. The van der Waals surface area contributed by atoms with E-state index in [2.05, 4.69) is 15.2 Å². The highest BCUT2D eigenvalue weighted by Crippen LogP contribution is 2.32. The van der Waals surface area contributed by atoms with Gasteiger partial charge in [0.25, 0.3) is 0 Å². The predicted molar refractivity (Wildman–Crippen MR) is 78.3 cm³/mol. The minimum atomic E-state index is 0.0661. The maximum absolute atomic E-state index is 8.94.